The van der Waals surface area contributed by atoms with Crippen LogP contribution in [0.2, 0.25) is 0 Å². The number of aliphatic hydroxyl groups excluding tert-OH is 1. The molecule has 0 saturated heterocycles. The van der Waals surface area contributed by atoms with Crippen molar-refractivity contribution in [1.29, 1.82) is 0 Å². The lowest BCUT2D eigenvalue weighted by Gasteiger charge is -1.93. The minimum atomic E-state index is 0.228. The van der Waals surface area contributed by atoms with Gasteiger partial charge in [0.2, 0.25) is 0 Å². The minimum absolute atomic E-state index is 0.228. The van der Waals surface area contributed by atoms with E-state index < -0.39 is 0 Å². The molecule has 8 heavy (non-hydrogen) atoms. The van der Waals surface area contributed by atoms with E-state index in [0.717, 1.165) is 19.3 Å². The standard InChI is InChI=1S/C5H12O3/c6-4-2-1-3-5-8-7/h6-7H,1-5H2. The molecular weight excluding hydrogens is 108 g/mol. The second-order valence-corrected chi connectivity index (χ2v) is 1.62. The Bertz CT molecular complexity index is 32.7. The highest BCUT2D eigenvalue weighted by Crippen LogP contribution is 1.92. The first-order valence-corrected chi connectivity index (χ1v) is 2.79. The first kappa shape index (κ1) is 7.88. The molecule has 0 atom stereocenters. The molecule has 3 nitrogen and oxygen atoms in total. The number of rotatable bonds is 5. The Morgan fingerprint density at radius 1 is 1.12 bits per heavy atom. The normalized spacial score (nSPS) is 9.75. The molecule has 0 rings (SSSR count). The van der Waals surface area contributed by atoms with Crippen LogP contribution in [0.25, 0.3) is 0 Å². The quantitative estimate of drug-likeness (QED) is 0.318. The summed E-state index contributed by atoms with van der Waals surface area (Å²) in [6.45, 7) is 0.603. The van der Waals surface area contributed by atoms with Gasteiger partial charge in [-0.1, -0.05) is 0 Å². The fourth-order valence-corrected chi connectivity index (χ4v) is 0.455. The number of hydrogen-bond acceptors (Lipinski definition) is 3. The second kappa shape index (κ2) is 6.88. The second-order valence-electron chi connectivity index (χ2n) is 1.62. The van der Waals surface area contributed by atoms with Crippen LogP contribution in [0.1, 0.15) is 19.3 Å². The summed E-state index contributed by atoms with van der Waals surface area (Å²) in [6, 6.07) is 0. The van der Waals surface area contributed by atoms with Crippen LogP contribution in [0.3, 0.4) is 0 Å². The molecule has 0 aliphatic carbocycles. The summed E-state index contributed by atoms with van der Waals surface area (Å²) < 4.78 is 0. The average molecular weight is 120 g/mol. The van der Waals surface area contributed by atoms with E-state index in [-0.39, 0.29) is 6.61 Å². The van der Waals surface area contributed by atoms with Gasteiger partial charge < -0.3 is 5.11 Å². The maximum absolute atomic E-state index is 8.26. The van der Waals surface area contributed by atoms with E-state index in [0.29, 0.717) is 6.61 Å². The highest BCUT2D eigenvalue weighted by atomic mass is 17.1. The van der Waals surface area contributed by atoms with Crippen molar-refractivity contribution in [3.05, 3.63) is 0 Å². The molecule has 2 N–H and O–H groups in total. The predicted octanol–water partition coefficient (Wildman–Crippen LogP) is 0.639. The van der Waals surface area contributed by atoms with Crippen molar-refractivity contribution in [2.75, 3.05) is 13.2 Å². The van der Waals surface area contributed by atoms with E-state index in [1.807, 2.05) is 0 Å². The lowest BCUT2D eigenvalue weighted by Crippen LogP contribution is -1.90. The molecule has 0 amide bonds. The molecule has 0 fully saturated rings. The Balaban J connectivity index is 2.53. The largest absolute Gasteiger partial charge is 0.396 e. The Hall–Kier alpha value is -0.120. The van der Waals surface area contributed by atoms with E-state index >= 15 is 0 Å². The van der Waals surface area contributed by atoms with Crippen molar-refractivity contribution in [3.8, 4) is 0 Å². The summed E-state index contributed by atoms with van der Waals surface area (Å²) in [5.74, 6) is 0. The van der Waals surface area contributed by atoms with E-state index in [1.54, 1.807) is 0 Å². The molecule has 3 heteroatoms. The smallest absolute Gasteiger partial charge is 0.0819 e. The van der Waals surface area contributed by atoms with Crippen molar-refractivity contribution in [3.63, 3.8) is 0 Å². The van der Waals surface area contributed by atoms with Gasteiger partial charge in [0.05, 0.1) is 6.61 Å². The molecule has 0 aromatic carbocycles. The zero-order valence-corrected chi connectivity index (χ0v) is 4.84. The third-order valence-electron chi connectivity index (χ3n) is 0.894. The van der Waals surface area contributed by atoms with E-state index in [1.165, 1.54) is 0 Å². The van der Waals surface area contributed by atoms with Gasteiger partial charge in [0.15, 0.2) is 0 Å². The Morgan fingerprint density at radius 3 is 2.38 bits per heavy atom. The molecule has 0 spiro atoms. The van der Waals surface area contributed by atoms with Crippen LogP contribution >= 0.6 is 0 Å². The van der Waals surface area contributed by atoms with E-state index in [2.05, 4.69) is 4.89 Å². The molecule has 50 valence electrons. The van der Waals surface area contributed by atoms with Gasteiger partial charge in [-0.3, -0.25) is 5.26 Å². The summed E-state index contributed by atoms with van der Waals surface area (Å²) >= 11 is 0. The zero-order chi connectivity index (χ0) is 6.24. The third kappa shape index (κ3) is 5.88. The maximum atomic E-state index is 8.26. The topological polar surface area (TPSA) is 49.7 Å². The molecule has 0 bridgehead atoms. The molecule has 0 aromatic heterocycles. The van der Waals surface area contributed by atoms with Gasteiger partial charge in [0, 0.05) is 6.61 Å². The SMILES string of the molecule is OCCCCCOO. The Morgan fingerprint density at radius 2 is 1.88 bits per heavy atom. The molecule has 0 aromatic rings. The van der Waals surface area contributed by atoms with Crippen LogP contribution in [-0.4, -0.2) is 23.6 Å². The molecule has 0 unspecified atom stereocenters. The van der Waals surface area contributed by atoms with Crippen LogP contribution in [0.5, 0.6) is 0 Å². The van der Waals surface area contributed by atoms with Crippen molar-refractivity contribution in [2.45, 2.75) is 19.3 Å². The fraction of sp³-hybridized carbons (Fsp3) is 1.00. The summed E-state index contributed by atoms with van der Waals surface area (Å²) in [5, 5.41) is 16.1. The summed E-state index contributed by atoms with van der Waals surface area (Å²) in [5.41, 5.74) is 0. The Labute approximate surface area is 48.8 Å². The lowest BCUT2D eigenvalue weighted by molar-refractivity contribution is -0.242. The van der Waals surface area contributed by atoms with Crippen LogP contribution in [-0.2, 0) is 4.89 Å². The monoisotopic (exact) mass is 120 g/mol. The van der Waals surface area contributed by atoms with Crippen molar-refractivity contribution in [2.24, 2.45) is 0 Å². The molecule has 0 radical (unpaired) electrons. The van der Waals surface area contributed by atoms with Gasteiger partial charge >= 0.3 is 0 Å². The molecule has 0 aliphatic heterocycles. The van der Waals surface area contributed by atoms with Gasteiger partial charge in [-0.15, -0.1) is 0 Å². The highest BCUT2D eigenvalue weighted by Gasteiger charge is 1.85. The minimum Gasteiger partial charge on any atom is -0.396 e. The van der Waals surface area contributed by atoms with Gasteiger partial charge in [-0.2, -0.15) is 0 Å². The summed E-state index contributed by atoms with van der Waals surface area (Å²) in [4.78, 5) is 3.81. The third-order valence-corrected chi connectivity index (χ3v) is 0.894. The average Bonchev–Trinajstić information content (AvgIpc) is 1.81. The van der Waals surface area contributed by atoms with Crippen molar-refractivity contribution in [1.82, 2.24) is 0 Å². The maximum Gasteiger partial charge on any atom is 0.0819 e. The Kier molecular flexibility index (Phi) is 6.78. The van der Waals surface area contributed by atoms with E-state index in [9.17, 15) is 0 Å². The number of hydrogen-bond donors (Lipinski definition) is 2. The van der Waals surface area contributed by atoms with Crippen molar-refractivity contribution >= 4 is 0 Å². The van der Waals surface area contributed by atoms with Crippen LogP contribution in [0.15, 0.2) is 0 Å². The summed E-state index contributed by atoms with van der Waals surface area (Å²) in [7, 11) is 0. The fourth-order valence-electron chi connectivity index (χ4n) is 0.455. The molecular formula is C5H12O3. The van der Waals surface area contributed by atoms with Gasteiger partial charge in [0.1, 0.15) is 0 Å². The number of unbranched alkanes of at least 4 members (excludes halogenated alkanes) is 2. The first-order chi connectivity index (χ1) is 3.91. The predicted molar refractivity (Wildman–Crippen MR) is 29.5 cm³/mol. The summed E-state index contributed by atoms with van der Waals surface area (Å²) in [6.07, 6.45) is 2.53. The molecule has 0 heterocycles. The zero-order valence-electron chi connectivity index (χ0n) is 4.84. The first-order valence-electron chi connectivity index (χ1n) is 2.79. The van der Waals surface area contributed by atoms with Crippen LogP contribution in [0.4, 0.5) is 0 Å². The van der Waals surface area contributed by atoms with Gasteiger partial charge in [-0.25, -0.2) is 4.89 Å². The van der Waals surface area contributed by atoms with Gasteiger partial charge in [0.25, 0.3) is 0 Å². The van der Waals surface area contributed by atoms with Gasteiger partial charge in [-0.05, 0) is 19.3 Å². The molecule has 0 aliphatic rings. The highest BCUT2D eigenvalue weighted by molar-refractivity contribution is 4.36. The van der Waals surface area contributed by atoms with Crippen LogP contribution < -0.4 is 0 Å². The van der Waals surface area contributed by atoms with Crippen molar-refractivity contribution < 1.29 is 15.3 Å². The molecule has 0 saturated carbocycles. The number of aliphatic hydroxyl groups is 1. The van der Waals surface area contributed by atoms with Crippen LogP contribution in [0, 0.1) is 0 Å². The lowest BCUT2D eigenvalue weighted by atomic mass is 10.2. The van der Waals surface area contributed by atoms with E-state index in [4.69, 9.17) is 10.4 Å².